The Hall–Kier alpha value is -4.22. The normalized spacial score (nSPS) is 20.0. The van der Waals surface area contributed by atoms with Gasteiger partial charge in [-0.3, -0.25) is 14.4 Å². The van der Waals surface area contributed by atoms with Crippen molar-refractivity contribution in [1.82, 2.24) is 30.4 Å². The highest BCUT2D eigenvalue weighted by Crippen LogP contribution is 2.19. The maximum Gasteiger partial charge on any atom is 0.321 e. The molecule has 5 amide bonds. The number of carbonyl (C=O) groups is 4. The van der Waals surface area contributed by atoms with Crippen molar-refractivity contribution in [2.24, 2.45) is 0 Å². The third-order valence-electron chi connectivity index (χ3n) is 5.96. The van der Waals surface area contributed by atoms with E-state index in [-0.39, 0.29) is 31.1 Å². The number of urea groups is 1. The Morgan fingerprint density at radius 2 is 1.97 bits per heavy atom. The van der Waals surface area contributed by atoms with Gasteiger partial charge in [-0.1, -0.05) is 6.07 Å². The van der Waals surface area contributed by atoms with Gasteiger partial charge < -0.3 is 30.5 Å². The minimum absolute atomic E-state index is 0.0462. The molecule has 0 saturated carbocycles. The number of piperazine rings is 1. The molecule has 2 aliphatic heterocycles. The number of nitrogens with zero attached hydrogens (tertiary/aromatic N) is 4. The molecular formula is C23H27N7O5. The van der Waals surface area contributed by atoms with Crippen molar-refractivity contribution in [2.45, 2.75) is 24.9 Å². The van der Waals surface area contributed by atoms with E-state index < -0.39 is 29.9 Å². The van der Waals surface area contributed by atoms with Crippen LogP contribution in [-0.4, -0.2) is 88.9 Å². The monoisotopic (exact) mass is 481 g/mol. The number of rotatable bonds is 5. The first-order chi connectivity index (χ1) is 17.0. The van der Waals surface area contributed by atoms with Crippen molar-refractivity contribution in [3.63, 3.8) is 0 Å². The van der Waals surface area contributed by atoms with Crippen LogP contribution in [0.15, 0.2) is 43.0 Å². The molecule has 3 N–H and O–H groups in total. The lowest BCUT2D eigenvalue weighted by Gasteiger charge is -2.41. The number of carbonyl (C=O) groups excluding carboxylic acids is 4. The van der Waals surface area contributed by atoms with Gasteiger partial charge in [0.15, 0.2) is 0 Å². The molecule has 35 heavy (non-hydrogen) atoms. The molecule has 0 spiro atoms. The molecule has 0 unspecified atom stereocenters. The Morgan fingerprint density at radius 3 is 2.71 bits per heavy atom. The van der Waals surface area contributed by atoms with Crippen LogP contribution >= 0.6 is 0 Å². The van der Waals surface area contributed by atoms with Gasteiger partial charge in [0, 0.05) is 43.8 Å². The van der Waals surface area contributed by atoms with E-state index in [1.807, 2.05) is 0 Å². The van der Waals surface area contributed by atoms with Gasteiger partial charge in [0.05, 0.1) is 19.2 Å². The third kappa shape index (κ3) is 5.65. The smallest absolute Gasteiger partial charge is 0.321 e. The predicted octanol–water partition coefficient (Wildman–Crippen LogP) is 0.239. The lowest BCUT2D eigenvalue weighted by Crippen LogP contribution is -2.64. The van der Waals surface area contributed by atoms with Crippen molar-refractivity contribution in [2.75, 3.05) is 38.6 Å². The van der Waals surface area contributed by atoms with E-state index in [1.54, 1.807) is 24.3 Å². The average molecular weight is 482 g/mol. The van der Waals surface area contributed by atoms with Crippen molar-refractivity contribution < 1.29 is 23.9 Å². The topological polar surface area (TPSA) is 146 Å². The highest BCUT2D eigenvalue weighted by molar-refractivity contribution is 5.99. The number of anilines is 1. The van der Waals surface area contributed by atoms with Crippen molar-refractivity contribution >= 4 is 29.4 Å². The minimum atomic E-state index is -0.998. The number of piperidine rings is 1. The Bertz CT molecular complexity index is 1100. The van der Waals surface area contributed by atoms with Crippen molar-refractivity contribution in [3.8, 4) is 5.75 Å². The number of methoxy groups -OCH3 is 1. The molecule has 2 aliphatic rings. The first kappa shape index (κ1) is 23.9. The summed E-state index contributed by atoms with van der Waals surface area (Å²) in [6.45, 7) is 0.845. The van der Waals surface area contributed by atoms with Gasteiger partial charge in [0.2, 0.25) is 11.8 Å². The van der Waals surface area contributed by atoms with Crippen LogP contribution in [0.3, 0.4) is 0 Å². The fraction of sp³-hybridized carbons (Fsp3) is 0.391. The number of hydrogen-bond donors (Lipinski definition) is 3. The van der Waals surface area contributed by atoms with E-state index in [9.17, 15) is 19.2 Å². The van der Waals surface area contributed by atoms with E-state index >= 15 is 0 Å². The zero-order chi connectivity index (χ0) is 24.8. The van der Waals surface area contributed by atoms with Crippen LogP contribution in [0.1, 0.15) is 23.2 Å². The number of hydrogen-bond acceptors (Lipinski definition) is 7. The fourth-order valence-corrected chi connectivity index (χ4v) is 4.09. The summed E-state index contributed by atoms with van der Waals surface area (Å²) in [6, 6.07) is 4.81. The summed E-state index contributed by atoms with van der Waals surface area (Å²) >= 11 is 0. The maximum atomic E-state index is 13.3. The second kappa shape index (κ2) is 10.8. The summed E-state index contributed by atoms with van der Waals surface area (Å²) in [7, 11) is 1.53. The summed E-state index contributed by atoms with van der Waals surface area (Å²) in [5, 5.41) is 8.27. The molecule has 1 aromatic carbocycles. The second-order valence-electron chi connectivity index (χ2n) is 8.24. The van der Waals surface area contributed by atoms with Crippen LogP contribution in [-0.2, 0) is 9.59 Å². The summed E-state index contributed by atoms with van der Waals surface area (Å²) in [6.07, 6.45) is 5.30. The van der Waals surface area contributed by atoms with Crippen LogP contribution in [0.5, 0.6) is 5.75 Å². The highest BCUT2D eigenvalue weighted by Gasteiger charge is 2.39. The van der Waals surface area contributed by atoms with Crippen molar-refractivity contribution in [1.29, 1.82) is 0 Å². The van der Waals surface area contributed by atoms with Crippen molar-refractivity contribution in [3.05, 3.63) is 48.5 Å². The Morgan fingerprint density at radius 1 is 1.17 bits per heavy atom. The molecule has 3 heterocycles. The molecule has 2 atom stereocenters. The lowest BCUT2D eigenvalue weighted by atomic mass is 10.0. The summed E-state index contributed by atoms with van der Waals surface area (Å²) in [4.78, 5) is 62.2. The Kier molecular flexibility index (Phi) is 7.38. The molecule has 1 aromatic heterocycles. The Labute approximate surface area is 202 Å². The summed E-state index contributed by atoms with van der Waals surface area (Å²) < 4.78 is 5.19. The van der Waals surface area contributed by atoms with E-state index in [4.69, 9.17) is 4.74 Å². The number of nitrogens with one attached hydrogen (secondary N) is 3. The van der Waals surface area contributed by atoms with Gasteiger partial charge in [-0.05, 0) is 25.0 Å². The van der Waals surface area contributed by atoms with E-state index in [0.29, 0.717) is 24.4 Å². The quantitative estimate of drug-likeness (QED) is 0.554. The molecule has 4 rings (SSSR count). The largest absolute Gasteiger partial charge is 0.497 e. The van der Waals surface area contributed by atoms with Gasteiger partial charge in [-0.15, -0.1) is 0 Å². The van der Waals surface area contributed by atoms with Crippen LogP contribution in [0.25, 0.3) is 0 Å². The zero-order valence-electron chi connectivity index (χ0n) is 19.3. The SMILES string of the molecule is COc1cccc(NC(=O)N2CCN(C(=O)c3cncnc3)[C@@H](C(=O)N[C@@H]3CCCNC3=O)C2)c1. The molecule has 2 fully saturated rings. The molecule has 0 aliphatic carbocycles. The first-order valence-electron chi connectivity index (χ1n) is 11.3. The van der Waals surface area contributed by atoms with Gasteiger partial charge in [-0.25, -0.2) is 14.8 Å². The number of amides is 5. The number of aromatic nitrogens is 2. The third-order valence-corrected chi connectivity index (χ3v) is 5.96. The summed E-state index contributed by atoms with van der Waals surface area (Å²) in [5.41, 5.74) is 0.768. The van der Waals surface area contributed by atoms with Crippen LogP contribution in [0.2, 0.25) is 0 Å². The van der Waals surface area contributed by atoms with E-state index in [1.165, 1.54) is 35.6 Å². The molecule has 2 saturated heterocycles. The minimum Gasteiger partial charge on any atom is -0.497 e. The molecule has 12 nitrogen and oxygen atoms in total. The Balaban J connectivity index is 1.51. The molecule has 184 valence electrons. The molecule has 0 radical (unpaired) electrons. The first-order valence-corrected chi connectivity index (χ1v) is 11.3. The maximum absolute atomic E-state index is 13.3. The predicted molar refractivity (Wildman–Crippen MR) is 125 cm³/mol. The zero-order valence-corrected chi connectivity index (χ0v) is 19.3. The molecule has 12 heteroatoms. The molecule has 2 aromatic rings. The van der Waals surface area contributed by atoms with Gasteiger partial charge in [-0.2, -0.15) is 0 Å². The molecular weight excluding hydrogens is 454 g/mol. The van der Waals surface area contributed by atoms with Crippen LogP contribution in [0, 0.1) is 0 Å². The lowest BCUT2D eigenvalue weighted by molar-refractivity contribution is -0.133. The van der Waals surface area contributed by atoms with Gasteiger partial charge in [0.25, 0.3) is 5.91 Å². The standard InChI is InChI=1S/C23H27N7O5/c1-35-17-5-2-4-16(10-17)27-23(34)29-8-9-30(22(33)15-11-24-14-25-12-15)19(13-29)21(32)28-18-6-3-7-26-20(18)31/h2,4-5,10-12,14,18-19H,3,6-9,13H2,1H3,(H,26,31)(H,27,34)(H,28,32)/t18-,19-/m1/s1. The highest BCUT2D eigenvalue weighted by atomic mass is 16.5. The number of ether oxygens (including phenoxy) is 1. The van der Waals surface area contributed by atoms with Gasteiger partial charge in [0.1, 0.15) is 24.2 Å². The van der Waals surface area contributed by atoms with Crippen LogP contribution < -0.4 is 20.7 Å². The van der Waals surface area contributed by atoms with E-state index in [2.05, 4.69) is 25.9 Å². The number of benzene rings is 1. The van der Waals surface area contributed by atoms with Crippen LogP contribution in [0.4, 0.5) is 10.5 Å². The fourth-order valence-electron chi connectivity index (χ4n) is 4.09. The average Bonchev–Trinajstić information content (AvgIpc) is 2.89. The van der Waals surface area contributed by atoms with Gasteiger partial charge >= 0.3 is 6.03 Å². The summed E-state index contributed by atoms with van der Waals surface area (Å²) in [5.74, 6) is -0.600. The second-order valence-corrected chi connectivity index (χ2v) is 8.24. The molecule has 0 bridgehead atoms. The van der Waals surface area contributed by atoms with E-state index in [0.717, 1.165) is 6.42 Å².